The molecule has 1 saturated heterocycles. The van der Waals surface area contributed by atoms with E-state index in [9.17, 15) is 5.11 Å². The van der Waals surface area contributed by atoms with Gasteiger partial charge in [0.1, 0.15) is 5.69 Å². The van der Waals surface area contributed by atoms with Gasteiger partial charge in [-0.1, -0.05) is 35.5 Å². The Morgan fingerprint density at radius 1 is 1.23 bits per heavy atom. The first kappa shape index (κ1) is 22.7. The standard InChI is InChI=1S/C23H35N3O4/c1-4-26(5-2)23-21(22(24-30-23)18-10-7-6-8-11-18)16-25(14-19(27)17-28-3)15-20-12-9-13-29-20/h6-8,10-11,19-20,27H,4-5,9,12-17H2,1-3H3/t19-,20-/m0/s1. The van der Waals surface area contributed by atoms with Gasteiger partial charge in [0.25, 0.3) is 0 Å². The van der Waals surface area contributed by atoms with Crippen molar-refractivity contribution in [2.24, 2.45) is 0 Å². The zero-order valence-corrected chi connectivity index (χ0v) is 18.4. The maximum atomic E-state index is 10.4. The Bertz CT molecular complexity index is 742. The summed E-state index contributed by atoms with van der Waals surface area (Å²) in [5, 5.41) is 14.9. The van der Waals surface area contributed by atoms with Crippen molar-refractivity contribution in [1.82, 2.24) is 10.1 Å². The van der Waals surface area contributed by atoms with Crippen molar-refractivity contribution < 1.29 is 19.1 Å². The van der Waals surface area contributed by atoms with Crippen molar-refractivity contribution in [2.45, 2.75) is 45.4 Å². The van der Waals surface area contributed by atoms with Crippen LogP contribution in [0.25, 0.3) is 11.3 Å². The van der Waals surface area contributed by atoms with Crippen LogP contribution in [0, 0.1) is 0 Å². The molecule has 2 heterocycles. The third-order valence-corrected chi connectivity index (χ3v) is 5.56. The van der Waals surface area contributed by atoms with Gasteiger partial charge in [-0.3, -0.25) is 4.90 Å². The Morgan fingerprint density at radius 2 is 2.00 bits per heavy atom. The fraction of sp³-hybridized carbons (Fsp3) is 0.609. The number of rotatable bonds is 12. The number of anilines is 1. The topological polar surface area (TPSA) is 71.2 Å². The first-order valence-electron chi connectivity index (χ1n) is 11.0. The number of aliphatic hydroxyl groups excluding tert-OH is 1. The number of aromatic nitrogens is 1. The highest BCUT2D eigenvalue weighted by molar-refractivity contribution is 5.68. The number of nitrogens with zero attached hydrogens (tertiary/aromatic N) is 3. The van der Waals surface area contributed by atoms with E-state index in [0.29, 0.717) is 19.7 Å². The number of hydrogen-bond donors (Lipinski definition) is 1. The number of ether oxygens (including phenoxy) is 2. The van der Waals surface area contributed by atoms with E-state index in [1.165, 1.54) is 0 Å². The molecule has 0 unspecified atom stereocenters. The minimum atomic E-state index is -0.562. The Hall–Kier alpha value is -1.93. The Balaban J connectivity index is 1.91. The van der Waals surface area contributed by atoms with Crippen molar-refractivity contribution in [3.8, 4) is 11.3 Å². The second-order valence-electron chi connectivity index (χ2n) is 7.79. The van der Waals surface area contributed by atoms with E-state index < -0.39 is 6.10 Å². The van der Waals surface area contributed by atoms with E-state index in [4.69, 9.17) is 14.0 Å². The number of benzene rings is 1. The third-order valence-electron chi connectivity index (χ3n) is 5.56. The quantitative estimate of drug-likeness (QED) is 0.569. The predicted molar refractivity (Wildman–Crippen MR) is 118 cm³/mol. The SMILES string of the molecule is CCN(CC)c1onc(-c2ccccc2)c1CN(C[C@H](O)COC)C[C@@H]1CCCO1. The molecule has 30 heavy (non-hydrogen) atoms. The van der Waals surface area contributed by atoms with Crippen LogP contribution in [0.5, 0.6) is 0 Å². The van der Waals surface area contributed by atoms with Crippen LogP contribution < -0.4 is 4.90 Å². The highest BCUT2D eigenvalue weighted by Crippen LogP contribution is 2.32. The average molecular weight is 418 g/mol. The number of hydrogen-bond acceptors (Lipinski definition) is 7. The van der Waals surface area contributed by atoms with Crippen LogP contribution in [-0.4, -0.2) is 73.9 Å². The minimum absolute atomic E-state index is 0.191. The molecule has 1 fully saturated rings. The molecule has 0 saturated carbocycles. The lowest BCUT2D eigenvalue weighted by Crippen LogP contribution is -2.39. The zero-order valence-electron chi connectivity index (χ0n) is 18.4. The first-order chi connectivity index (χ1) is 14.7. The fourth-order valence-corrected chi connectivity index (χ4v) is 4.07. The third kappa shape index (κ3) is 5.82. The molecule has 1 aliphatic rings. The van der Waals surface area contributed by atoms with Crippen LogP contribution in [-0.2, 0) is 16.0 Å². The van der Waals surface area contributed by atoms with Crippen molar-refractivity contribution in [1.29, 1.82) is 0 Å². The van der Waals surface area contributed by atoms with Gasteiger partial charge < -0.3 is 24.0 Å². The molecule has 1 N–H and O–H groups in total. The molecule has 0 radical (unpaired) electrons. The summed E-state index contributed by atoms with van der Waals surface area (Å²) >= 11 is 0. The van der Waals surface area contributed by atoms with Gasteiger partial charge in [0, 0.05) is 52.0 Å². The molecule has 1 aromatic carbocycles. The van der Waals surface area contributed by atoms with Gasteiger partial charge in [-0.05, 0) is 26.7 Å². The van der Waals surface area contributed by atoms with Crippen LogP contribution in [0.1, 0.15) is 32.3 Å². The summed E-state index contributed by atoms with van der Waals surface area (Å²) in [7, 11) is 1.61. The molecule has 0 bridgehead atoms. The normalized spacial score (nSPS) is 17.6. The van der Waals surface area contributed by atoms with E-state index >= 15 is 0 Å². The van der Waals surface area contributed by atoms with Gasteiger partial charge in [-0.2, -0.15) is 0 Å². The average Bonchev–Trinajstić information content (AvgIpc) is 3.40. The van der Waals surface area contributed by atoms with Crippen molar-refractivity contribution in [2.75, 3.05) is 51.4 Å². The lowest BCUT2D eigenvalue weighted by molar-refractivity contribution is 0.0157. The summed E-state index contributed by atoms with van der Waals surface area (Å²) in [6, 6.07) is 10.1. The molecule has 7 heteroatoms. The molecule has 3 rings (SSSR count). The molecule has 166 valence electrons. The maximum absolute atomic E-state index is 10.4. The maximum Gasteiger partial charge on any atom is 0.232 e. The summed E-state index contributed by atoms with van der Waals surface area (Å²) in [5.74, 6) is 0.803. The van der Waals surface area contributed by atoms with Crippen LogP contribution >= 0.6 is 0 Å². The van der Waals surface area contributed by atoms with E-state index in [-0.39, 0.29) is 6.10 Å². The van der Waals surface area contributed by atoms with E-state index in [1.54, 1.807) is 7.11 Å². The van der Waals surface area contributed by atoms with Gasteiger partial charge in [0.15, 0.2) is 0 Å². The van der Waals surface area contributed by atoms with Crippen LogP contribution in [0.3, 0.4) is 0 Å². The summed E-state index contributed by atoms with van der Waals surface area (Å²) in [4.78, 5) is 4.43. The first-order valence-corrected chi connectivity index (χ1v) is 11.0. The van der Waals surface area contributed by atoms with E-state index in [2.05, 4.69) is 40.9 Å². The summed E-state index contributed by atoms with van der Waals surface area (Å²) in [6.45, 7) is 8.92. The molecule has 2 atom stereocenters. The second-order valence-corrected chi connectivity index (χ2v) is 7.79. The van der Waals surface area contributed by atoms with Crippen molar-refractivity contribution >= 4 is 5.88 Å². The van der Waals surface area contributed by atoms with Gasteiger partial charge in [-0.25, -0.2) is 0 Å². The molecule has 7 nitrogen and oxygen atoms in total. The van der Waals surface area contributed by atoms with Crippen LogP contribution in [0.2, 0.25) is 0 Å². The largest absolute Gasteiger partial charge is 0.389 e. The van der Waals surface area contributed by atoms with Gasteiger partial charge in [-0.15, -0.1) is 0 Å². The highest BCUT2D eigenvalue weighted by Gasteiger charge is 2.27. The van der Waals surface area contributed by atoms with Crippen molar-refractivity contribution in [3.63, 3.8) is 0 Å². The van der Waals surface area contributed by atoms with Crippen LogP contribution in [0.4, 0.5) is 5.88 Å². The van der Waals surface area contributed by atoms with E-state index in [0.717, 1.165) is 61.8 Å². The molecule has 2 aromatic rings. The van der Waals surface area contributed by atoms with Crippen LogP contribution in [0.15, 0.2) is 34.9 Å². The summed E-state index contributed by atoms with van der Waals surface area (Å²) < 4.78 is 16.9. The second kappa shape index (κ2) is 11.5. The molecule has 0 amide bonds. The summed E-state index contributed by atoms with van der Waals surface area (Å²) in [5.41, 5.74) is 2.94. The zero-order chi connectivity index (χ0) is 21.3. The number of methoxy groups -OCH3 is 1. The lowest BCUT2D eigenvalue weighted by Gasteiger charge is -2.28. The predicted octanol–water partition coefficient (Wildman–Crippen LogP) is 3.18. The van der Waals surface area contributed by atoms with Gasteiger partial charge >= 0.3 is 0 Å². The molecular weight excluding hydrogens is 382 g/mol. The fourth-order valence-electron chi connectivity index (χ4n) is 4.07. The molecule has 1 aromatic heterocycles. The van der Waals surface area contributed by atoms with E-state index in [1.807, 2.05) is 18.2 Å². The molecular formula is C23H35N3O4. The lowest BCUT2D eigenvalue weighted by atomic mass is 10.1. The van der Waals surface area contributed by atoms with Gasteiger partial charge in [0.05, 0.1) is 24.4 Å². The number of aliphatic hydroxyl groups is 1. The Morgan fingerprint density at radius 3 is 2.63 bits per heavy atom. The molecule has 0 aliphatic carbocycles. The summed E-state index contributed by atoms with van der Waals surface area (Å²) in [6.07, 6.45) is 1.77. The van der Waals surface area contributed by atoms with Crippen molar-refractivity contribution in [3.05, 3.63) is 35.9 Å². The minimum Gasteiger partial charge on any atom is -0.389 e. The smallest absolute Gasteiger partial charge is 0.232 e. The Kier molecular flexibility index (Phi) is 8.69. The highest BCUT2D eigenvalue weighted by atomic mass is 16.5. The molecule has 1 aliphatic heterocycles. The Labute approximate surface area is 179 Å². The monoisotopic (exact) mass is 417 g/mol. The molecule has 0 spiro atoms. The van der Waals surface area contributed by atoms with Gasteiger partial charge in [0.2, 0.25) is 5.88 Å².